The van der Waals surface area contributed by atoms with Crippen LogP contribution in [0.25, 0.3) is 0 Å². The molecule has 1 fully saturated rings. The number of nitrogens with zero attached hydrogens (tertiary/aromatic N) is 1. The molecule has 0 saturated carbocycles. The first-order valence-corrected chi connectivity index (χ1v) is 5.77. The van der Waals surface area contributed by atoms with Crippen molar-refractivity contribution >= 4 is 11.7 Å². The lowest BCUT2D eigenvalue weighted by molar-refractivity contribution is -0.135. The standard InChI is InChI=1S/C12H19NO3/c1-2-13-8-7-10(12(13)16)11(15)6-4-3-5-9-14/h2,10,14H,1,3-9H2. The van der Waals surface area contributed by atoms with E-state index in [1.54, 1.807) is 0 Å². The number of rotatable bonds is 7. The van der Waals surface area contributed by atoms with Crippen molar-refractivity contribution in [3.8, 4) is 0 Å². The Morgan fingerprint density at radius 2 is 2.25 bits per heavy atom. The minimum absolute atomic E-state index is 0.0345. The molecule has 0 bridgehead atoms. The van der Waals surface area contributed by atoms with Crippen LogP contribution >= 0.6 is 0 Å². The number of amides is 1. The first-order chi connectivity index (χ1) is 7.70. The number of carbonyl (C=O) groups is 2. The van der Waals surface area contributed by atoms with Crippen molar-refractivity contribution in [2.45, 2.75) is 32.1 Å². The number of ketones is 1. The Morgan fingerprint density at radius 1 is 1.50 bits per heavy atom. The van der Waals surface area contributed by atoms with E-state index in [-0.39, 0.29) is 18.3 Å². The topological polar surface area (TPSA) is 57.6 Å². The number of aliphatic hydroxyl groups excluding tert-OH is 1. The van der Waals surface area contributed by atoms with Gasteiger partial charge in [0.1, 0.15) is 5.78 Å². The molecule has 0 aromatic carbocycles. The van der Waals surface area contributed by atoms with Crippen LogP contribution in [0.5, 0.6) is 0 Å². The quantitative estimate of drug-likeness (QED) is 0.521. The molecule has 1 heterocycles. The van der Waals surface area contributed by atoms with Crippen LogP contribution in [0.4, 0.5) is 0 Å². The van der Waals surface area contributed by atoms with Crippen LogP contribution in [0, 0.1) is 5.92 Å². The second-order valence-electron chi connectivity index (χ2n) is 4.06. The fourth-order valence-corrected chi connectivity index (χ4v) is 1.94. The summed E-state index contributed by atoms with van der Waals surface area (Å²) in [6, 6.07) is 0. The monoisotopic (exact) mass is 225 g/mol. The summed E-state index contributed by atoms with van der Waals surface area (Å²) in [4.78, 5) is 24.9. The summed E-state index contributed by atoms with van der Waals surface area (Å²) in [5.41, 5.74) is 0. The summed E-state index contributed by atoms with van der Waals surface area (Å²) < 4.78 is 0. The van der Waals surface area contributed by atoms with E-state index in [9.17, 15) is 9.59 Å². The minimum Gasteiger partial charge on any atom is -0.396 e. The van der Waals surface area contributed by atoms with Crippen molar-refractivity contribution in [2.75, 3.05) is 13.2 Å². The highest BCUT2D eigenvalue weighted by Gasteiger charge is 2.34. The van der Waals surface area contributed by atoms with E-state index in [1.807, 2.05) is 0 Å². The number of aliphatic hydroxyl groups is 1. The van der Waals surface area contributed by atoms with E-state index in [2.05, 4.69) is 6.58 Å². The first-order valence-electron chi connectivity index (χ1n) is 5.77. The lowest BCUT2D eigenvalue weighted by Gasteiger charge is -2.09. The van der Waals surface area contributed by atoms with Crippen LogP contribution in [-0.2, 0) is 9.59 Å². The highest BCUT2D eigenvalue weighted by Crippen LogP contribution is 2.21. The van der Waals surface area contributed by atoms with Crippen molar-refractivity contribution in [1.29, 1.82) is 0 Å². The third-order valence-corrected chi connectivity index (χ3v) is 2.93. The maximum atomic E-state index is 11.7. The molecule has 0 aromatic rings. The van der Waals surface area contributed by atoms with Crippen LogP contribution < -0.4 is 0 Å². The lowest BCUT2D eigenvalue weighted by atomic mass is 9.98. The average molecular weight is 225 g/mol. The van der Waals surface area contributed by atoms with Gasteiger partial charge in [0.25, 0.3) is 0 Å². The molecule has 1 N–H and O–H groups in total. The van der Waals surface area contributed by atoms with Crippen LogP contribution in [0.3, 0.4) is 0 Å². The molecule has 0 spiro atoms. The number of carbonyl (C=O) groups excluding carboxylic acids is 2. The molecule has 16 heavy (non-hydrogen) atoms. The second-order valence-corrected chi connectivity index (χ2v) is 4.06. The third-order valence-electron chi connectivity index (χ3n) is 2.93. The highest BCUT2D eigenvalue weighted by atomic mass is 16.3. The van der Waals surface area contributed by atoms with Crippen LogP contribution in [-0.4, -0.2) is 34.8 Å². The Morgan fingerprint density at radius 3 is 2.81 bits per heavy atom. The van der Waals surface area contributed by atoms with Crippen LogP contribution in [0.1, 0.15) is 32.1 Å². The van der Waals surface area contributed by atoms with Gasteiger partial charge in [-0.1, -0.05) is 13.0 Å². The molecule has 90 valence electrons. The van der Waals surface area contributed by atoms with E-state index in [0.29, 0.717) is 19.4 Å². The van der Waals surface area contributed by atoms with Gasteiger partial charge in [0, 0.05) is 19.6 Å². The fourth-order valence-electron chi connectivity index (χ4n) is 1.94. The van der Waals surface area contributed by atoms with Gasteiger partial charge in [-0.3, -0.25) is 9.59 Å². The van der Waals surface area contributed by atoms with Gasteiger partial charge in [-0.2, -0.15) is 0 Å². The molecule has 4 nitrogen and oxygen atoms in total. The summed E-state index contributed by atoms with van der Waals surface area (Å²) in [5.74, 6) is -0.526. The van der Waals surface area contributed by atoms with Gasteiger partial charge in [0.15, 0.2) is 0 Å². The summed E-state index contributed by atoms with van der Waals surface area (Å²) in [6.45, 7) is 4.31. The van der Waals surface area contributed by atoms with E-state index < -0.39 is 5.92 Å². The van der Waals surface area contributed by atoms with Gasteiger partial charge in [0.05, 0.1) is 5.92 Å². The Balaban J connectivity index is 2.32. The zero-order valence-electron chi connectivity index (χ0n) is 9.52. The van der Waals surface area contributed by atoms with Gasteiger partial charge in [-0.25, -0.2) is 0 Å². The number of hydrogen-bond donors (Lipinski definition) is 1. The Labute approximate surface area is 95.9 Å². The van der Waals surface area contributed by atoms with Gasteiger partial charge in [0.2, 0.25) is 5.91 Å². The van der Waals surface area contributed by atoms with Gasteiger partial charge in [-0.05, 0) is 25.5 Å². The zero-order chi connectivity index (χ0) is 12.0. The molecule has 0 radical (unpaired) electrons. The van der Waals surface area contributed by atoms with Crippen LogP contribution in [0.15, 0.2) is 12.8 Å². The number of unbranched alkanes of at least 4 members (excludes halogenated alkanes) is 2. The van der Waals surface area contributed by atoms with Crippen molar-refractivity contribution in [2.24, 2.45) is 5.92 Å². The number of likely N-dealkylation sites (tertiary alicyclic amines) is 1. The normalized spacial score (nSPS) is 20.2. The molecule has 1 atom stereocenters. The Hall–Kier alpha value is -1.16. The maximum Gasteiger partial charge on any atom is 0.237 e. The summed E-state index contributed by atoms with van der Waals surface area (Å²) in [5, 5.41) is 8.59. The van der Waals surface area contributed by atoms with Crippen molar-refractivity contribution in [1.82, 2.24) is 4.90 Å². The van der Waals surface area contributed by atoms with Crippen molar-refractivity contribution in [3.63, 3.8) is 0 Å². The SMILES string of the molecule is C=CN1CCC(C(=O)CCCCCO)C1=O. The summed E-state index contributed by atoms with van der Waals surface area (Å²) >= 11 is 0. The number of Topliss-reactive ketones (excluding diaryl/α,β-unsaturated/α-hetero) is 1. The van der Waals surface area contributed by atoms with Crippen molar-refractivity contribution < 1.29 is 14.7 Å². The van der Waals surface area contributed by atoms with Gasteiger partial charge in [-0.15, -0.1) is 0 Å². The predicted octanol–water partition coefficient (Wildman–Crippen LogP) is 1.10. The molecule has 1 unspecified atom stereocenters. The molecular weight excluding hydrogens is 206 g/mol. The van der Waals surface area contributed by atoms with E-state index in [4.69, 9.17) is 5.11 Å². The Bertz CT molecular complexity index is 275. The zero-order valence-corrected chi connectivity index (χ0v) is 9.52. The highest BCUT2D eigenvalue weighted by molar-refractivity contribution is 6.02. The number of hydrogen-bond acceptors (Lipinski definition) is 3. The molecule has 1 amide bonds. The second kappa shape index (κ2) is 6.43. The van der Waals surface area contributed by atoms with Gasteiger partial charge >= 0.3 is 0 Å². The molecule has 1 rings (SSSR count). The summed E-state index contributed by atoms with van der Waals surface area (Å²) in [6.07, 6.45) is 4.88. The first kappa shape index (κ1) is 12.9. The Kier molecular flexibility index (Phi) is 5.19. The molecule has 0 aromatic heterocycles. The maximum absolute atomic E-state index is 11.7. The van der Waals surface area contributed by atoms with E-state index in [1.165, 1.54) is 11.1 Å². The molecule has 1 aliphatic rings. The molecule has 1 aliphatic heterocycles. The molecular formula is C12H19NO3. The summed E-state index contributed by atoms with van der Waals surface area (Å²) in [7, 11) is 0. The predicted molar refractivity (Wildman–Crippen MR) is 60.6 cm³/mol. The van der Waals surface area contributed by atoms with Crippen LogP contribution in [0.2, 0.25) is 0 Å². The lowest BCUT2D eigenvalue weighted by Crippen LogP contribution is -2.26. The average Bonchev–Trinajstić information content (AvgIpc) is 2.65. The van der Waals surface area contributed by atoms with E-state index >= 15 is 0 Å². The molecule has 4 heteroatoms. The smallest absolute Gasteiger partial charge is 0.237 e. The molecule has 1 saturated heterocycles. The largest absolute Gasteiger partial charge is 0.396 e. The minimum atomic E-state index is -0.452. The fraction of sp³-hybridized carbons (Fsp3) is 0.667. The van der Waals surface area contributed by atoms with Gasteiger partial charge < -0.3 is 10.0 Å². The third kappa shape index (κ3) is 3.17. The van der Waals surface area contributed by atoms with E-state index in [0.717, 1.165) is 19.3 Å². The van der Waals surface area contributed by atoms with Crippen molar-refractivity contribution in [3.05, 3.63) is 12.8 Å². The molecule has 0 aliphatic carbocycles.